The zero-order valence-corrected chi connectivity index (χ0v) is 11.4. The Hall–Kier alpha value is -1.65. The number of aldehydes is 1. The van der Waals surface area contributed by atoms with Crippen molar-refractivity contribution < 1.29 is 4.79 Å². The highest BCUT2D eigenvalue weighted by atomic mass is 32.1. The molecule has 3 heterocycles. The second kappa shape index (κ2) is 4.55. The van der Waals surface area contributed by atoms with Crippen molar-refractivity contribution in [2.75, 3.05) is 0 Å². The largest absolute Gasteiger partial charge is 0.342 e. The Kier molecular flexibility index (Phi) is 2.89. The second-order valence-electron chi connectivity index (χ2n) is 3.96. The fourth-order valence-corrected chi connectivity index (χ4v) is 3.70. The highest BCUT2D eigenvalue weighted by molar-refractivity contribution is 7.14. The Morgan fingerprint density at radius 2 is 1.78 bits per heavy atom. The van der Waals surface area contributed by atoms with E-state index in [1.807, 2.05) is 42.1 Å². The number of rotatable bonds is 3. The van der Waals surface area contributed by atoms with E-state index in [4.69, 9.17) is 0 Å². The van der Waals surface area contributed by atoms with E-state index in [0.29, 0.717) is 0 Å². The van der Waals surface area contributed by atoms with Gasteiger partial charge in [0, 0.05) is 12.6 Å². The van der Waals surface area contributed by atoms with Crippen LogP contribution < -0.4 is 0 Å². The number of carbonyl (C=O) groups is 1. The molecule has 3 aromatic heterocycles. The average molecular weight is 273 g/mol. The van der Waals surface area contributed by atoms with E-state index < -0.39 is 0 Å². The molecule has 0 aliphatic heterocycles. The standard InChI is InChI=1S/C14H11NOS2/c1-15-11(12-4-2-6-17-12)8-10(9-16)14(15)13-5-3-7-18-13/h2-9H,1H3. The van der Waals surface area contributed by atoms with E-state index in [9.17, 15) is 4.79 Å². The minimum absolute atomic E-state index is 0.753. The molecule has 3 rings (SSSR count). The van der Waals surface area contributed by atoms with E-state index >= 15 is 0 Å². The van der Waals surface area contributed by atoms with Crippen LogP contribution in [0.5, 0.6) is 0 Å². The van der Waals surface area contributed by atoms with Crippen LogP contribution in [-0.4, -0.2) is 10.9 Å². The summed E-state index contributed by atoms with van der Waals surface area (Å²) >= 11 is 3.34. The fraction of sp³-hybridized carbons (Fsp3) is 0.0714. The third kappa shape index (κ3) is 1.74. The van der Waals surface area contributed by atoms with Gasteiger partial charge in [-0.25, -0.2) is 0 Å². The molecule has 0 aliphatic rings. The Morgan fingerprint density at radius 1 is 1.11 bits per heavy atom. The molecule has 0 saturated heterocycles. The molecule has 3 aromatic rings. The lowest BCUT2D eigenvalue weighted by molar-refractivity contribution is 0.112. The van der Waals surface area contributed by atoms with Crippen LogP contribution in [0.25, 0.3) is 21.1 Å². The summed E-state index contributed by atoms with van der Waals surface area (Å²) in [6.45, 7) is 0. The molecule has 0 N–H and O–H groups in total. The van der Waals surface area contributed by atoms with Crippen LogP contribution in [0, 0.1) is 0 Å². The molecule has 0 atom stereocenters. The summed E-state index contributed by atoms with van der Waals surface area (Å²) in [7, 11) is 2.01. The SMILES string of the molecule is Cn1c(-c2cccs2)cc(C=O)c1-c1cccs1. The van der Waals surface area contributed by atoms with E-state index in [1.54, 1.807) is 22.7 Å². The first-order valence-corrected chi connectivity index (χ1v) is 7.30. The first-order valence-electron chi connectivity index (χ1n) is 5.54. The summed E-state index contributed by atoms with van der Waals surface area (Å²) in [6.07, 6.45) is 0.937. The fourth-order valence-electron chi connectivity index (χ4n) is 2.10. The number of hydrogen-bond acceptors (Lipinski definition) is 3. The van der Waals surface area contributed by atoms with Gasteiger partial charge in [0.1, 0.15) is 0 Å². The van der Waals surface area contributed by atoms with Crippen molar-refractivity contribution in [1.82, 2.24) is 4.57 Å². The van der Waals surface area contributed by atoms with Crippen molar-refractivity contribution in [1.29, 1.82) is 0 Å². The number of hydrogen-bond donors (Lipinski definition) is 0. The van der Waals surface area contributed by atoms with Gasteiger partial charge in [0.15, 0.2) is 6.29 Å². The van der Waals surface area contributed by atoms with E-state index in [1.165, 1.54) is 4.88 Å². The van der Waals surface area contributed by atoms with Gasteiger partial charge in [0.05, 0.1) is 21.1 Å². The summed E-state index contributed by atoms with van der Waals surface area (Å²) < 4.78 is 2.10. The van der Waals surface area contributed by atoms with Crippen molar-refractivity contribution in [3.63, 3.8) is 0 Å². The summed E-state index contributed by atoms with van der Waals surface area (Å²) in [5, 5.41) is 4.08. The first kappa shape index (κ1) is 11.4. The number of nitrogens with zero attached hydrogens (tertiary/aromatic N) is 1. The zero-order chi connectivity index (χ0) is 12.5. The van der Waals surface area contributed by atoms with Crippen molar-refractivity contribution >= 4 is 29.0 Å². The summed E-state index contributed by atoms with van der Waals surface area (Å²) in [5.74, 6) is 0. The van der Waals surface area contributed by atoms with Gasteiger partial charge in [-0.1, -0.05) is 12.1 Å². The highest BCUT2D eigenvalue weighted by Crippen LogP contribution is 2.35. The first-order chi connectivity index (χ1) is 8.81. The molecule has 0 bridgehead atoms. The van der Waals surface area contributed by atoms with Crippen LogP contribution >= 0.6 is 22.7 Å². The predicted molar refractivity (Wildman–Crippen MR) is 77.4 cm³/mol. The van der Waals surface area contributed by atoms with E-state index in [0.717, 1.165) is 28.1 Å². The second-order valence-corrected chi connectivity index (χ2v) is 5.86. The molecule has 0 aliphatic carbocycles. The molecule has 0 radical (unpaired) electrons. The molecule has 0 fully saturated rings. The van der Waals surface area contributed by atoms with Crippen LogP contribution in [-0.2, 0) is 7.05 Å². The molecule has 0 unspecified atom stereocenters. The minimum Gasteiger partial charge on any atom is -0.342 e. The lowest BCUT2D eigenvalue weighted by atomic mass is 10.2. The molecule has 0 amide bonds. The minimum atomic E-state index is 0.753. The van der Waals surface area contributed by atoms with E-state index in [2.05, 4.69) is 10.6 Å². The Morgan fingerprint density at radius 3 is 2.33 bits per heavy atom. The molecule has 0 saturated carbocycles. The van der Waals surface area contributed by atoms with Gasteiger partial charge in [-0.05, 0) is 29.0 Å². The van der Waals surface area contributed by atoms with Crippen molar-refractivity contribution in [3.05, 3.63) is 46.7 Å². The zero-order valence-electron chi connectivity index (χ0n) is 9.79. The van der Waals surface area contributed by atoms with Crippen molar-refractivity contribution in [3.8, 4) is 21.1 Å². The molecule has 90 valence electrons. The van der Waals surface area contributed by atoms with Crippen molar-refractivity contribution in [2.45, 2.75) is 0 Å². The van der Waals surface area contributed by atoms with Gasteiger partial charge in [-0.3, -0.25) is 4.79 Å². The lowest BCUT2D eigenvalue weighted by Crippen LogP contribution is -1.93. The Balaban J connectivity index is 2.23. The molecule has 2 nitrogen and oxygen atoms in total. The summed E-state index contributed by atoms with van der Waals surface area (Å²) in [5.41, 5.74) is 2.85. The average Bonchev–Trinajstić information content (AvgIpc) is 3.08. The van der Waals surface area contributed by atoms with Crippen LogP contribution in [0.1, 0.15) is 10.4 Å². The normalized spacial score (nSPS) is 10.7. The third-order valence-corrected chi connectivity index (χ3v) is 4.69. The number of carbonyl (C=O) groups excluding carboxylic acids is 1. The van der Waals surface area contributed by atoms with Gasteiger partial charge in [-0.15, -0.1) is 22.7 Å². The summed E-state index contributed by atoms with van der Waals surface area (Å²) in [4.78, 5) is 13.6. The van der Waals surface area contributed by atoms with Gasteiger partial charge in [0.25, 0.3) is 0 Å². The van der Waals surface area contributed by atoms with Gasteiger partial charge in [-0.2, -0.15) is 0 Å². The molecular formula is C14H11NOS2. The Bertz CT molecular complexity index is 663. The topological polar surface area (TPSA) is 22.0 Å². The third-order valence-electron chi connectivity index (χ3n) is 2.92. The number of aromatic nitrogens is 1. The summed E-state index contributed by atoms with van der Waals surface area (Å²) in [6, 6.07) is 10.1. The molecular weight excluding hydrogens is 262 g/mol. The molecule has 4 heteroatoms. The number of thiophene rings is 2. The maximum atomic E-state index is 11.3. The Labute approximate surface area is 113 Å². The molecule has 18 heavy (non-hydrogen) atoms. The van der Waals surface area contributed by atoms with Crippen LogP contribution in [0.4, 0.5) is 0 Å². The smallest absolute Gasteiger partial charge is 0.152 e. The van der Waals surface area contributed by atoms with Crippen molar-refractivity contribution in [2.24, 2.45) is 7.05 Å². The van der Waals surface area contributed by atoms with E-state index in [-0.39, 0.29) is 0 Å². The molecule has 0 aromatic carbocycles. The predicted octanol–water partition coefficient (Wildman–Crippen LogP) is 4.29. The maximum Gasteiger partial charge on any atom is 0.152 e. The highest BCUT2D eigenvalue weighted by Gasteiger charge is 2.16. The molecule has 0 spiro atoms. The van der Waals surface area contributed by atoms with Gasteiger partial charge >= 0.3 is 0 Å². The monoisotopic (exact) mass is 273 g/mol. The van der Waals surface area contributed by atoms with Gasteiger partial charge < -0.3 is 4.57 Å². The van der Waals surface area contributed by atoms with Gasteiger partial charge in [0.2, 0.25) is 0 Å². The van der Waals surface area contributed by atoms with Crippen LogP contribution in [0.15, 0.2) is 41.1 Å². The lowest BCUT2D eigenvalue weighted by Gasteiger charge is -2.05. The maximum absolute atomic E-state index is 11.3. The van der Waals surface area contributed by atoms with Crippen LogP contribution in [0.2, 0.25) is 0 Å². The quantitative estimate of drug-likeness (QED) is 0.652. The van der Waals surface area contributed by atoms with Crippen LogP contribution in [0.3, 0.4) is 0 Å².